The van der Waals surface area contributed by atoms with Crippen molar-refractivity contribution in [1.82, 2.24) is 0 Å². The van der Waals surface area contributed by atoms with Crippen molar-refractivity contribution in [3.63, 3.8) is 0 Å². The van der Waals surface area contributed by atoms with Crippen molar-refractivity contribution in [3.8, 4) is 11.5 Å². The van der Waals surface area contributed by atoms with Gasteiger partial charge in [-0.05, 0) is 45.0 Å². The Hall–Kier alpha value is -1.51. The lowest BCUT2D eigenvalue weighted by Crippen LogP contribution is -2.22. The Morgan fingerprint density at radius 2 is 1.65 bits per heavy atom. The van der Waals surface area contributed by atoms with Crippen LogP contribution in [-0.4, -0.2) is 18.5 Å². The summed E-state index contributed by atoms with van der Waals surface area (Å²) < 4.78 is 11.0. The summed E-state index contributed by atoms with van der Waals surface area (Å²) in [5.74, 6) is 1.57. The van der Waals surface area contributed by atoms with Crippen molar-refractivity contribution in [2.45, 2.75) is 40.2 Å². The molecule has 3 heteroatoms. The second kappa shape index (κ2) is 6.94. The molecule has 0 unspecified atom stereocenters. The average molecular weight is 238 g/mol. The minimum Gasteiger partial charge on any atom is -0.493 e. The molecule has 0 saturated heterocycles. The van der Waals surface area contributed by atoms with Gasteiger partial charge in [-0.15, -0.1) is 0 Å². The van der Waals surface area contributed by atoms with Gasteiger partial charge in [-0.2, -0.15) is 0 Å². The van der Waals surface area contributed by atoms with E-state index in [9.17, 15) is 4.79 Å². The van der Waals surface area contributed by atoms with Crippen LogP contribution in [0.4, 0.5) is 0 Å². The molecule has 1 rings (SSSR count). The summed E-state index contributed by atoms with van der Waals surface area (Å²) in [5.41, 5.74) is -0.195. The Balaban J connectivity index is 0.00000256. The summed E-state index contributed by atoms with van der Waals surface area (Å²) in [6.45, 7) is 6.42. The number of benzene rings is 1. The van der Waals surface area contributed by atoms with E-state index >= 15 is 0 Å². The quantitative estimate of drug-likeness (QED) is 0.582. The molecule has 1 aromatic rings. The summed E-state index contributed by atoms with van der Waals surface area (Å²) >= 11 is 0. The van der Waals surface area contributed by atoms with Crippen LogP contribution >= 0.6 is 0 Å². The highest BCUT2D eigenvalue weighted by Crippen LogP contribution is 2.21. The topological polar surface area (TPSA) is 35.5 Å². The van der Waals surface area contributed by atoms with E-state index in [2.05, 4.69) is 0 Å². The smallest absolute Gasteiger partial charge is 0.123 e. The van der Waals surface area contributed by atoms with Gasteiger partial charge in [0.15, 0.2) is 0 Å². The summed E-state index contributed by atoms with van der Waals surface area (Å²) in [6, 6.07) is 7.40. The maximum atomic E-state index is 10.1. The highest BCUT2D eigenvalue weighted by atomic mass is 16.5. The van der Waals surface area contributed by atoms with E-state index in [1.54, 1.807) is 0 Å². The van der Waals surface area contributed by atoms with Crippen molar-refractivity contribution in [1.29, 1.82) is 0 Å². The average Bonchev–Trinajstić information content (AvgIpc) is 2.19. The Kier molecular flexibility index (Phi) is 6.33. The highest BCUT2D eigenvalue weighted by Gasteiger charge is 2.11. The molecule has 0 aliphatic rings. The molecular formula is C14H22O3. The molecule has 17 heavy (non-hydrogen) atoms. The van der Waals surface area contributed by atoms with Crippen molar-refractivity contribution in [3.05, 3.63) is 24.3 Å². The molecule has 0 atom stereocenters. The molecule has 0 spiro atoms. The molecule has 0 aromatic heterocycles. The lowest BCUT2D eigenvalue weighted by molar-refractivity contribution is -0.108. The van der Waals surface area contributed by atoms with Crippen LogP contribution in [0.1, 0.15) is 34.6 Å². The van der Waals surface area contributed by atoms with E-state index in [0.717, 1.165) is 17.8 Å². The molecular weight excluding hydrogens is 216 g/mol. The van der Waals surface area contributed by atoms with Crippen LogP contribution in [0, 0.1) is 0 Å². The predicted octanol–water partition coefficient (Wildman–Crippen LogP) is 3.47. The first-order valence-corrected chi connectivity index (χ1v) is 5.37. The van der Waals surface area contributed by atoms with Gasteiger partial charge < -0.3 is 14.3 Å². The van der Waals surface area contributed by atoms with Gasteiger partial charge in [0.05, 0.1) is 6.61 Å². The Bertz CT molecular complexity index is 322. The van der Waals surface area contributed by atoms with Crippen LogP contribution in [0.5, 0.6) is 11.5 Å². The van der Waals surface area contributed by atoms with Crippen LogP contribution in [0.2, 0.25) is 0 Å². The van der Waals surface area contributed by atoms with Crippen LogP contribution in [0.3, 0.4) is 0 Å². The number of carbonyl (C=O) groups excluding carboxylic acids is 1. The van der Waals surface area contributed by atoms with Gasteiger partial charge in [-0.1, -0.05) is 7.43 Å². The van der Waals surface area contributed by atoms with E-state index in [0.29, 0.717) is 13.0 Å². The fourth-order valence-electron chi connectivity index (χ4n) is 1.18. The fraction of sp³-hybridized carbons (Fsp3) is 0.500. The number of hydrogen-bond acceptors (Lipinski definition) is 3. The minimum absolute atomic E-state index is 0. The molecule has 0 fully saturated rings. The van der Waals surface area contributed by atoms with Gasteiger partial charge in [-0.25, -0.2) is 0 Å². The first-order valence-electron chi connectivity index (χ1n) is 5.37. The molecule has 3 nitrogen and oxygen atoms in total. The number of aldehydes is 1. The Morgan fingerprint density at radius 1 is 1.12 bits per heavy atom. The van der Waals surface area contributed by atoms with Crippen LogP contribution in [0.25, 0.3) is 0 Å². The predicted molar refractivity (Wildman–Crippen MR) is 69.7 cm³/mol. The maximum Gasteiger partial charge on any atom is 0.123 e. The summed E-state index contributed by atoms with van der Waals surface area (Å²) in [6.07, 6.45) is 1.26. The van der Waals surface area contributed by atoms with Crippen LogP contribution in [0.15, 0.2) is 24.3 Å². The molecule has 96 valence electrons. The maximum absolute atomic E-state index is 10.1. The SMILES string of the molecule is C.CC(C)(C)Oc1ccc(OCCC=O)cc1. The molecule has 0 amide bonds. The van der Waals surface area contributed by atoms with Crippen molar-refractivity contribution >= 4 is 6.29 Å². The first-order chi connectivity index (χ1) is 7.51. The molecule has 0 bridgehead atoms. The van der Waals surface area contributed by atoms with Crippen LogP contribution in [-0.2, 0) is 4.79 Å². The van der Waals surface area contributed by atoms with E-state index in [1.165, 1.54) is 0 Å². The molecule has 0 aliphatic heterocycles. The van der Waals surface area contributed by atoms with Gasteiger partial charge in [0.1, 0.15) is 23.4 Å². The lowest BCUT2D eigenvalue weighted by Gasteiger charge is -2.21. The fourth-order valence-corrected chi connectivity index (χ4v) is 1.18. The van der Waals surface area contributed by atoms with Crippen LogP contribution < -0.4 is 9.47 Å². The van der Waals surface area contributed by atoms with Crippen molar-refractivity contribution in [2.24, 2.45) is 0 Å². The Labute approximate surface area is 104 Å². The standard InChI is InChI=1S/C13H18O3.CH4/c1-13(2,3)16-12-7-5-11(6-8-12)15-10-4-9-14;/h5-9H,4,10H2,1-3H3;1H4. The van der Waals surface area contributed by atoms with Gasteiger partial charge in [0, 0.05) is 6.42 Å². The zero-order valence-corrected chi connectivity index (χ0v) is 10.0. The van der Waals surface area contributed by atoms with Crippen molar-refractivity contribution < 1.29 is 14.3 Å². The van der Waals surface area contributed by atoms with Gasteiger partial charge in [0.2, 0.25) is 0 Å². The summed E-state index contributed by atoms with van der Waals surface area (Å²) in [4.78, 5) is 10.1. The second-order valence-electron chi connectivity index (χ2n) is 4.49. The second-order valence-corrected chi connectivity index (χ2v) is 4.49. The number of carbonyl (C=O) groups is 1. The van der Waals surface area contributed by atoms with Gasteiger partial charge in [-0.3, -0.25) is 0 Å². The zero-order valence-electron chi connectivity index (χ0n) is 10.0. The van der Waals surface area contributed by atoms with E-state index in [4.69, 9.17) is 9.47 Å². The monoisotopic (exact) mass is 238 g/mol. The molecule has 0 aliphatic carbocycles. The van der Waals surface area contributed by atoms with Crippen molar-refractivity contribution in [2.75, 3.05) is 6.61 Å². The largest absolute Gasteiger partial charge is 0.493 e. The molecule has 0 N–H and O–H groups in total. The Morgan fingerprint density at radius 3 is 2.12 bits per heavy atom. The lowest BCUT2D eigenvalue weighted by atomic mass is 10.2. The number of rotatable bonds is 5. The summed E-state index contributed by atoms with van der Waals surface area (Å²) in [5, 5.41) is 0. The highest BCUT2D eigenvalue weighted by molar-refractivity contribution is 5.49. The first kappa shape index (κ1) is 15.5. The normalized spacial score (nSPS) is 10.3. The molecule has 1 aromatic carbocycles. The van der Waals surface area contributed by atoms with E-state index < -0.39 is 0 Å². The molecule has 0 radical (unpaired) electrons. The van der Waals surface area contributed by atoms with Gasteiger partial charge >= 0.3 is 0 Å². The third-order valence-corrected chi connectivity index (χ3v) is 1.75. The minimum atomic E-state index is -0.195. The molecule has 0 saturated carbocycles. The third kappa shape index (κ3) is 6.61. The summed E-state index contributed by atoms with van der Waals surface area (Å²) in [7, 11) is 0. The molecule has 0 heterocycles. The van der Waals surface area contributed by atoms with E-state index in [-0.39, 0.29) is 13.0 Å². The van der Waals surface area contributed by atoms with Gasteiger partial charge in [0.25, 0.3) is 0 Å². The third-order valence-electron chi connectivity index (χ3n) is 1.75. The van der Waals surface area contributed by atoms with E-state index in [1.807, 2.05) is 45.0 Å². The number of hydrogen-bond donors (Lipinski definition) is 0. The zero-order chi connectivity index (χ0) is 12.0. The number of ether oxygens (including phenoxy) is 2.